The maximum atomic E-state index is 9.21. The minimum Gasteiger partial charge on any atom is -0.457 e. The fourth-order valence-corrected chi connectivity index (χ4v) is 1.72. The first kappa shape index (κ1) is 12.2. The second-order valence-corrected chi connectivity index (χ2v) is 4.34. The topological polar surface area (TPSA) is 29.5 Å². The first-order valence-corrected chi connectivity index (χ1v) is 5.77. The lowest BCUT2D eigenvalue weighted by Gasteiger charge is -2.10. The first-order chi connectivity index (χ1) is 8.19. The van der Waals surface area contributed by atoms with Crippen LogP contribution >= 0.6 is 23.2 Å². The van der Waals surface area contributed by atoms with E-state index in [1.165, 1.54) is 0 Å². The highest BCUT2D eigenvalue weighted by Crippen LogP contribution is 2.28. The zero-order chi connectivity index (χ0) is 12.3. The molecular weight excluding hydrogens is 259 g/mol. The second kappa shape index (κ2) is 5.41. The lowest BCUT2D eigenvalue weighted by molar-refractivity contribution is 0.276. The number of aliphatic hydroxyl groups excluding tert-OH is 1. The van der Waals surface area contributed by atoms with E-state index in [1.54, 1.807) is 42.5 Å². The van der Waals surface area contributed by atoms with Crippen molar-refractivity contribution in [2.75, 3.05) is 0 Å². The van der Waals surface area contributed by atoms with Crippen molar-refractivity contribution in [1.82, 2.24) is 0 Å². The lowest BCUT2D eigenvalue weighted by Crippen LogP contribution is -1.91. The van der Waals surface area contributed by atoms with Gasteiger partial charge in [0.2, 0.25) is 0 Å². The zero-order valence-corrected chi connectivity index (χ0v) is 10.4. The molecule has 2 aromatic carbocycles. The van der Waals surface area contributed by atoms with Gasteiger partial charge >= 0.3 is 0 Å². The summed E-state index contributed by atoms with van der Waals surface area (Å²) >= 11 is 11.6. The van der Waals surface area contributed by atoms with E-state index in [0.717, 1.165) is 0 Å². The molecule has 0 spiro atoms. The van der Waals surface area contributed by atoms with Crippen molar-refractivity contribution < 1.29 is 9.84 Å². The minimum absolute atomic E-state index is 0.122. The van der Waals surface area contributed by atoms with Crippen LogP contribution in [0.2, 0.25) is 10.0 Å². The Hall–Kier alpha value is -1.22. The molecule has 0 heterocycles. The van der Waals surface area contributed by atoms with Gasteiger partial charge in [-0.05, 0) is 42.5 Å². The summed E-state index contributed by atoms with van der Waals surface area (Å²) in [4.78, 5) is 0. The lowest BCUT2D eigenvalue weighted by atomic mass is 10.2. The number of rotatable bonds is 3. The Kier molecular flexibility index (Phi) is 3.89. The minimum atomic E-state index is -0.122. The third kappa shape index (κ3) is 3.13. The van der Waals surface area contributed by atoms with Crippen molar-refractivity contribution in [1.29, 1.82) is 0 Å². The quantitative estimate of drug-likeness (QED) is 0.901. The zero-order valence-electron chi connectivity index (χ0n) is 8.86. The average Bonchev–Trinajstić information content (AvgIpc) is 2.34. The summed E-state index contributed by atoms with van der Waals surface area (Å²) in [6.07, 6.45) is 0. The molecule has 0 aliphatic heterocycles. The largest absolute Gasteiger partial charge is 0.457 e. The fraction of sp³-hybridized carbons (Fsp3) is 0.0769. The maximum Gasteiger partial charge on any atom is 0.133 e. The molecule has 0 fully saturated rings. The Labute approximate surface area is 109 Å². The van der Waals surface area contributed by atoms with Crippen LogP contribution < -0.4 is 4.74 Å². The van der Waals surface area contributed by atoms with Gasteiger partial charge in [0.1, 0.15) is 11.5 Å². The van der Waals surface area contributed by atoms with E-state index in [-0.39, 0.29) is 6.61 Å². The highest BCUT2D eigenvalue weighted by Gasteiger charge is 2.05. The Morgan fingerprint density at radius 3 is 2.24 bits per heavy atom. The summed E-state index contributed by atoms with van der Waals surface area (Å²) in [5.74, 6) is 1.24. The Morgan fingerprint density at radius 1 is 0.941 bits per heavy atom. The van der Waals surface area contributed by atoms with Gasteiger partial charge in [-0.1, -0.05) is 23.2 Å². The number of halogens is 2. The van der Waals surface area contributed by atoms with Gasteiger partial charge in [0, 0.05) is 15.6 Å². The number of benzene rings is 2. The van der Waals surface area contributed by atoms with Crippen LogP contribution in [0.1, 0.15) is 5.56 Å². The highest BCUT2D eigenvalue weighted by molar-refractivity contribution is 6.30. The molecule has 2 aromatic rings. The normalized spacial score (nSPS) is 10.3. The van der Waals surface area contributed by atoms with Gasteiger partial charge in [0.25, 0.3) is 0 Å². The Balaban J connectivity index is 2.26. The van der Waals surface area contributed by atoms with Gasteiger partial charge in [-0.2, -0.15) is 0 Å². The van der Waals surface area contributed by atoms with E-state index in [2.05, 4.69) is 0 Å². The van der Waals surface area contributed by atoms with E-state index in [9.17, 15) is 5.11 Å². The average molecular weight is 269 g/mol. The molecule has 1 N–H and O–H groups in total. The van der Waals surface area contributed by atoms with Crippen molar-refractivity contribution in [3.8, 4) is 11.5 Å². The van der Waals surface area contributed by atoms with Crippen molar-refractivity contribution >= 4 is 23.2 Å². The van der Waals surface area contributed by atoms with Crippen molar-refractivity contribution in [3.63, 3.8) is 0 Å². The van der Waals surface area contributed by atoms with Crippen LogP contribution in [0.15, 0.2) is 42.5 Å². The van der Waals surface area contributed by atoms with Crippen LogP contribution in [0.4, 0.5) is 0 Å². The summed E-state index contributed by atoms with van der Waals surface area (Å²) in [5.41, 5.74) is 0.646. The molecule has 2 nitrogen and oxygen atoms in total. The molecular formula is C13H10Cl2O2. The van der Waals surface area contributed by atoms with Gasteiger partial charge in [0.05, 0.1) is 6.61 Å². The molecule has 0 radical (unpaired) electrons. The molecule has 2 rings (SSSR count). The molecule has 0 aliphatic carbocycles. The summed E-state index contributed by atoms with van der Waals surface area (Å²) < 4.78 is 5.63. The standard InChI is InChI=1S/C13H10Cl2O2/c14-10-1-4-12(5-2-10)17-13-6-3-11(15)7-9(13)8-16/h1-7,16H,8H2. The molecule has 0 bridgehead atoms. The predicted molar refractivity (Wildman–Crippen MR) is 68.9 cm³/mol. The number of hydrogen-bond acceptors (Lipinski definition) is 2. The van der Waals surface area contributed by atoms with Crippen LogP contribution in [0.25, 0.3) is 0 Å². The van der Waals surface area contributed by atoms with Crippen LogP contribution in [-0.2, 0) is 6.61 Å². The van der Waals surface area contributed by atoms with Gasteiger partial charge in [0.15, 0.2) is 0 Å². The monoisotopic (exact) mass is 268 g/mol. The van der Waals surface area contributed by atoms with Gasteiger partial charge in [-0.15, -0.1) is 0 Å². The molecule has 0 atom stereocenters. The van der Waals surface area contributed by atoms with Crippen LogP contribution in [0, 0.1) is 0 Å². The number of hydrogen-bond donors (Lipinski definition) is 1. The van der Waals surface area contributed by atoms with Gasteiger partial charge in [-0.3, -0.25) is 0 Å². The Bertz CT molecular complexity index is 509. The maximum absolute atomic E-state index is 9.21. The van der Waals surface area contributed by atoms with Gasteiger partial charge in [-0.25, -0.2) is 0 Å². The smallest absolute Gasteiger partial charge is 0.133 e. The molecule has 0 saturated heterocycles. The van der Waals surface area contributed by atoms with Crippen molar-refractivity contribution in [2.24, 2.45) is 0 Å². The highest BCUT2D eigenvalue weighted by atomic mass is 35.5. The predicted octanol–water partition coefficient (Wildman–Crippen LogP) is 4.28. The van der Waals surface area contributed by atoms with Crippen LogP contribution in [-0.4, -0.2) is 5.11 Å². The van der Waals surface area contributed by atoms with Crippen molar-refractivity contribution in [3.05, 3.63) is 58.1 Å². The number of aliphatic hydroxyl groups is 1. The van der Waals surface area contributed by atoms with E-state index in [1.807, 2.05) is 0 Å². The summed E-state index contributed by atoms with van der Waals surface area (Å²) in [5, 5.41) is 10.4. The summed E-state index contributed by atoms with van der Waals surface area (Å²) in [6.45, 7) is -0.122. The molecule has 0 unspecified atom stereocenters. The van der Waals surface area contributed by atoms with Crippen molar-refractivity contribution in [2.45, 2.75) is 6.61 Å². The van der Waals surface area contributed by atoms with E-state index in [4.69, 9.17) is 27.9 Å². The van der Waals surface area contributed by atoms with Crippen LogP contribution in [0.3, 0.4) is 0 Å². The number of ether oxygens (including phenoxy) is 1. The molecule has 0 aromatic heterocycles. The summed E-state index contributed by atoms with van der Waals surface area (Å²) in [7, 11) is 0. The molecule has 0 amide bonds. The third-order valence-corrected chi connectivity index (χ3v) is 2.72. The molecule has 0 saturated carbocycles. The molecule has 4 heteroatoms. The van der Waals surface area contributed by atoms with Crippen LogP contribution in [0.5, 0.6) is 11.5 Å². The van der Waals surface area contributed by atoms with Gasteiger partial charge < -0.3 is 9.84 Å². The second-order valence-electron chi connectivity index (χ2n) is 3.47. The molecule has 0 aliphatic rings. The fourth-order valence-electron chi connectivity index (χ4n) is 1.40. The van der Waals surface area contributed by atoms with E-state index < -0.39 is 0 Å². The SMILES string of the molecule is OCc1cc(Cl)ccc1Oc1ccc(Cl)cc1. The first-order valence-electron chi connectivity index (χ1n) is 5.02. The molecule has 17 heavy (non-hydrogen) atoms. The molecule has 88 valence electrons. The van der Waals surface area contributed by atoms with E-state index >= 15 is 0 Å². The Morgan fingerprint density at radius 2 is 1.59 bits per heavy atom. The summed E-state index contributed by atoms with van der Waals surface area (Å²) in [6, 6.07) is 12.1. The van der Waals surface area contributed by atoms with E-state index in [0.29, 0.717) is 27.1 Å². The third-order valence-electron chi connectivity index (χ3n) is 2.23.